The minimum Gasteiger partial charge on any atom is -0.481 e. The first-order valence-corrected chi connectivity index (χ1v) is 27.9. The quantitative estimate of drug-likeness (QED) is 0.0175. The number of hydrogen-bond donors (Lipinski definition) is 4. The Balaban J connectivity index is 0.000000383. The van der Waals surface area contributed by atoms with Crippen LogP contribution in [-0.4, -0.2) is 112 Å². The molecule has 0 spiro atoms. The normalized spacial score (nSPS) is 14.3. The molecular formula is C73H72O18. The van der Waals surface area contributed by atoms with Gasteiger partial charge in [0.1, 0.15) is 12.4 Å². The van der Waals surface area contributed by atoms with Gasteiger partial charge in [0, 0.05) is 61.6 Å². The molecule has 2 aliphatic rings. The SMILES string of the molecule is C#Cc1ccc(C(C)=O)c(C(=O)CO)c1.C#Cc1ccc(C(C)=O)c(C(=O)O)c1.C#Cc1ccc(C(C)=O)cc1.C#Cc1ccc(C(C)=O)cc1C.CC(=O)C1C2C=CC(C2)C1C(=O)O.CC=CCOCOc1cc(C(C)=O)c(C(=O)O)cc1OCOCC=CC. The first kappa shape index (κ1) is 76.2. The number of aliphatic hydroxyl groups excluding tert-OH is 1. The zero-order chi connectivity index (χ0) is 68.5. The van der Waals surface area contributed by atoms with E-state index in [2.05, 4.69) is 23.7 Å². The Hall–Kier alpha value is -10.9. The molecule has 0 aliphatic heterocycles. The number of ketones is 7. The first-order valence-electron chi connectivity index (χ1n) is 27.9. The van der Waals surface area contributed by atoms with E-state index < -0.39 is 42.0 Å². The zero-order valence-electron chi connectivity index (χ0n) is 52.0. The van der Waals surface area contributed by atoms with Gasteiger partial charge in [-0.05, 0) is 159 Å². The third-order valence-electron chi connectivity index (χ3n) is 13.5. The lowest BCUT2D eigenvalue weighted by molar-refractivity contribution is -0.147. The van der Waals surface area contributed by atoms with Gasteiger partial charge in [-0.2, -0.15) is 0 Å². The Morgan fingerprint density at radius 2 is 0.912 bits per heavy atom. The maximum Gasteiger partial charge on any atom is 0.336 e. The van der Waals surface area contributed by atoms with Gasteiger partial charge in [-0.15, -0.1) is 25.7 Å². The molecule has 0 radical (unpaired) electrons. The largest absolute Gasteiger partial charge is 0.481 e. The van der Waals surface area contributed by atoms with E-state index in [1.54, 1.807) is 61.5 Å². The fourth-order valence-corrected chi connectivity index (χ4v) is 8.82. The van der Waals surface area contributed by atoms with Gasteiger partial charge in [-0.3, -0.25) is 38.4 Å². The maximum absolute atomic E-state index is 11.7. The molecule has 2 aliphatic carbocycles. The summed E-state index contributed by atoms with van der Waals surface area (Å²) in [4.78, 5) is 111. The number of fused-ring (bicyclic) bond motifs is 2. The van der Waals surface area contributed by atoms with Crippen molar-refractivity contribution in [2.75, 3.05) is 33.4 Å². The molecule has 0 aromatic heterocycles. The van der Waals surface area contributed by atoms with Gasteiger partial charge in [-0.25, -0.2) is 9.59 Å². The average molecular weight is 1240 g/mol. The summed E-state index contributed by atoms with van der Waals surface area (Å²) in [7, 11) is 0. The third-order valence-corrected chi connectivity index (χ3v) is 13.5. The van der Waals surface area contributed by atoms with E-state index >= 15 is 0 Å². The lowest BCUT2D eigenvalue weighted by atomic mass is 9.81. The third kappa shape index (κ3) is 24.3. The van der Waals surface area contributed by atoms with Gasteiger partial charge < -0.3 is 39.4 Å². The predicted molar refractivity (Wildman–Crippen MR) is 343 cm³/mol. The highest BCUT2D eigenvalue weighted by molar-refractivity contribution is 6.09. The summed E-state index contributed by atoms with van der Waals surface area (Å²) in [6.45, 7) is 14.1. The molecule has 0 amide bonds. The molecule has 5 aromatic carbocycles. The minimum atomic E-state index is -1.23. The molecule has 4 N–H and O–H groups in total. The van der Waals surface area contributed by atoms with E-state index in [9.17, 15) is 53.1 Å². The molecule has 0 saturated heterocycles. The summed E-state index contributed by atoms with van der Waals surface area (Å²) in [6, 6.07) is 23.8. The van der Waals surface area contributed by atoms with Crippen molar-refractivity contribution in [1.29, 1.82) is 0 Å². The van der Waals surface area contributed by atoms with Crippen molar-refractivity contribution >= 4 is 58.4 Å². The van der Waals surface area contributed by atoms with Crippen LogP contribution in [0, 0.1) is 80.0 Å². The van der Waals surface area contributed by atoms with Gasteiger partial charge in [0.05, 0.1) is 30.3 Å². The van der Waals surface area contributed by atoms with Crippen LogP contribution in [0.2, 0.25) is 0 Å². The molecule has 2 bridgehead atoms. The highest BCUT2D eigenvalue weighted by atomic mass is 16.7. The van der Waals surface area contributed by atoms with Crippen molar-refractivity contribution in [1.82, 2.24) is 0 Å². The number of aromatic carboxylic acids is 2. The number of aliphatic hydroxyl groups is 1. The number of carbonyl (C=O) groups is 10. The molecule has 18 nitrogen and oxygen atoms in total. The van der Waals surface area contributed by atoms with Crippen molar-refractivity contribution in [2.24, 2.45) is 23.7 Å². The Morgan fingerprint density at radius 3 is 1.29 bits per heavy atom. The van der Waals surface area contributed by atoms with Gasteiger partial charge in [0.15, 0.2) is 59.8 Å². The van der Waals surface area contributed by atoms with Crippen molar-refractivity contribution in [3.8, 4) is 60.9 Å². The summed E-state index contributed by atoms with van der Waals surface area (Å²) in [6.07, 6.45) is 32.8. The smallest absolute Gasteiger partial charge is 0.336 e. The Kier molecular flexibility index (Phi) is 32.8. The number of benzene rings is 5. The van der Waals surface area contributed by atoms with E-state index in [4.69, 9.17) is 60.0 Å². The molecule has 5 aromatic rings. The van der Waals surface area contributed by atoms with Crippen LogP contribution in [-0.2, 0) is 19.1 Å². The standard InChI is InChI=1S/C19H24O7.C12H10O3.C11H8O3.C11H10O.C10H12O3.C10H8O/c1-4-6-8-23-12-25-17-10-15(14(3)20)16(19(21)22)11-18(17)26-13-24-9-7-5-2;1-3-9-4-5-10(8(2)14)11(6-9)12(15)7-13;1-3-8-4-5-9(7(2)12)10(6-8)11(13)14;1-4-10-5-6-11(9(3)12)7-8(10)2;1-5(11)8-6-2-3-7(4-6)9(8)10(12)13;1-3-9-4-6-10(7-5-9)8(2)11/h4-7,10-11H,8-9,12-13H2,1-3H3,(H,21,22);1,4-6,13H,7H2,2H3;1,4-6H,2H3,(H,13,14);1,5-7H,2-3H3;2-3,6-9H,4H2,1H3,(H,12,13);1,4-7H,2H3. The summed E-state index contributed by atoms with van der Waals surface area (Å²) in [5.74, 6) is 5.16. The first-order chi connectivity index (χ1) is 43.2. The number of rotatable bonds is 21. The number of Topliss-reactive ketones (excluding diaryl/α,β-unsaturated/α-hetero) is 7. The van der Waals surface area contributed by atoms with E-state index in [1.807, 2.05) is 57.2 Å². The molecule has 1 fully saturated rings. The summed E-state index contributed by atoms with van der Waals surface area (Å²) >= 11 is 0. The molecular weight excluding hydrogens is 1160 g/mol. The van der Waals surface area contributed by atoms with E-state index in [1.165, 1.54) is 71.0 Å². The highest BCUT2D eigenvalue weighted by Crippen LogP contribution is 2.48. The van der Waals surface area contributed by atoms with Gasteiger partial charge in [-0.1, -0.05) is 78.3 Å². The highest BCUT2D eigenvalue weighted by Gasteiger charge is 2.50. The fourth-order valence-electron chi connectivity index (χ4n) is 8.82. The Morgan fingerprint density at radius 1 is 0.495 bits per heavy atom. The minimum absolute atomic E-state index is 0.0178. The van der Waals surface area contributed by atoms with Gasteiger partial charge in [0.25, 0.3) is 0 Å². The monoisotopic (exact) mass is 1240 g/mol. The van der Waals surface area contributed by atoms with E-state index in [-0.39, 0.29) is 105 Å². The lowest BCUT2D eigenvalue weighted by Gasteiger charge is -2.21. The van der Waals surface area contributed by atoms with Crippen LogP contribution in [0.25, 0.3) is 0 Å². The number of hydrogen-bond acceptors (Lipinski definition) is 15. The van der Waals surface area contributed by atoms with Crippen molar-refractivity contribution in [3.63, 3.8) is 0 Å². The van der Waals surface area contributed by atoms with E-state index in [0.717, 1.165) is 23.1 Å². The summed E-state index contributed by atoms with van der Waals surface area (Å²) in [5.41, 5.74) is 5.46. The summed E-state index contributed by atoms with van der Waals surface area (Å²) < 4.78 is 21.5. The molecule has 0 heterocycles. The average Bonchev–Trinajstić information content (AvgIpc) is 1.68. The molecule has 4 atom stereocenters. The molecule has 1 saturated carbocycles. The van der Waals surface area contributed by atoms with Crippen LogP contribution in [0.3, 0.4) is 0 Å². The van der Waals surface area contributed by atoms with Crippen LogP contribution in [0.15, 0.2) is 127 Å². The fraction of sp³-hybridized carbons (Fsp3) is 0.260. The van der Waals surface area contributed by atoms with Gasteiger partial charge in [0.2, 0.25) is 0 Å². The molecule has 7 rings (SSSR count). The van der Waals surface area contributed by atoms with Crippen LogP contribution in [0.5, 0.6) is 11.5 Å². The predicted octanol–water partition coefficient (Wildman–Crippen LogP) is 11.2. The van der Waals surface area contributed by atoms with Crippen LogP contribution >= 0.6 is 0 Å². The summed E-state index contributed by atoms with van der Waals surface area (Å²) in [5, 5.41) is 35.9. The van der Waals surface area contributed by atoms with Crippen molar-refractivity contribution < 1.29 is 87.3 Å². The lowest BCUT2D eigenvalue weighted by Crippen LogP contribution is -2.31. The zero-order valence-corrected chi connectivity index (χ0v) is 52.0. The van der Waals surface area contributed by atoms with Gasteiger partial charge >= 0.3 is 17.9 Å². The second-order valence-electron chi connectivity index (χ2n) is 19.9. The number of terminal acetylenes is 4. The molecule has 472 valence electrons. The second kappa shape index (κ2) is 39.1. The Bertz CT molecular complexity index is 3670. The van der Waals surface area contributed by atoms with Crippen LogP contribution in [0.4, 0.5) is 0 Å². The second-order valence-corrected chi connectivity index (χ2v) is 19.9. The topological polar surface area (TPSA) is 289 Å². The molecule has 4 unspecified atom stereocenters. The number of carbonyl (C=O) groups excluding carboxylic acids is 7. The maximum atomic E-state index is 11.7. The van der Waals surface area contributed by atoms with Crippen LogP contribution < -0.4 is 9.47 Å². The van der Waals surface area contributed by atoms with E-state index in [0.29, 0.717) is 35.5 Å². The number of ether oxygens (including phenoxy) is 4. The number of allylic oxidation sites excluding steroid dienone is 4. The van der Waals surface area contributed by atoms with Crippen molar-refractivity contribution in [3.05, 3.63) is 200 Å². The Labute approximate surface area is 530 Å². The molecule has 18 heteroatoms. The number of aliphatic carboxylic acids is 1. The number of carboxylic acids is 3. The van der Waals surface area contributed by atoms with Crippen molar-refractivity contribution in [2.45, 2.75) is 68.7 Å². The number of carboxylic acid groups (broad SMARTS) is 3. The number of aryl methyl sites for hydroxylation is 1. The van der Waals surface area contributed by atoms with Crippen LogP contribution in [0.1, 0.15) is 172 Å². The molecule has 91 heavy (non-hydrogen) atoms.